The first-order valence-corrected chi connectivity index (χ1v) is 9.48. The Morgan fingerprint density at radius 2 is 2.04 bits per heavy atom. The molecule has 1 fully saturated rings. The Hall–Kier alpha value is -2.18. The van der Waals surface area contributed by atoms with Crippen LogP contribution in [0.15, 0.2) is 57.5 Å². The van der Waals surface area contributed by atoms with Crippen molar-refractivity contribution in [2.45, 2.75) is 25.4 Å². The van der Waals surface area contributed by atoms with Crippen molar-refractivity contribution < 1.29 is 9.26 Å². The second-order valence-electron chi connectivity index (χ2n) is 6.49. The molecule has 0 bridgehead atoms. The second kappa shape index (κ2) is 7.60. The third kappa shape index (κ3) is 3.97. The zero-order valence-electron chi connectivity index (χ0n) is 14.5. The monoisotopic (exact) mass is 413 g/mol. The van der Waals surface area contributed by atoms with Crippen molar-refractivity contribution in [1.82, 2.24) is 15.5 Å². The van der Waals surface area contributed by atoms with Crippen molar-refractivity contribution in [3.8, 4) is 17.1 Å². The maximum Gasteiger partial charge on any atom is 0.240 e. The molecule has 0 radical (unpaired) electrons. The summed E-state index contributed by atoms with van der Waals surface area (Å²) in [5, 5.41) is 7.68. The number of nitrogens with zero attached hydrogens (tertiary/aromatic N) is 2. The summed E-state index contributed by atoms with van der Waals surface area (Å²) in [5.74, 6) is 2.74. The van der Waals surface area contributed by atoms with Crippen LogP contribution in [0.3, 0.4) is 0 Å². The minimum Gasteiger partial charge on any atom is -0.497 e. The van der Waals surface area contributed by atoms with E-state index >= 15 is 0 Å². The molecule has 1 aliphatic carbocycles. The number of benzene rings is 2. The van der Waals surface area contributed by atoms with Gasteiger partial charge in [-0.1, -0.05) is 45.4 Å². The molecule has 134 valence electrons. The third-order valence-electron chi connectivity index (χ3n) is 4.59. The average molecular weight is 414 g/mol. The Morgan fingerprint density at radius 1 is 1.23 bits per heavy atom. The predicted molar refractivity (Wildman–Crippen MR) is 103 cm³/mol. The van der Waals surface area contributed by atoms with Crippen LogP contribution in [0.1, 0.15) is 30.3 Å². The van der Waals surface area contributed by atoms with Gasteiger partial charge in [-0.3, -0.25) is 0 Å². The molecule has 1 unspecified atom stereocenters. The summed E-state index contributed by atoms with van der Waals surface area (Å²) >= 11 is 3.47. The molecule has 1 aromatic heterocycles. The topological polar surface area (TPSA) is 60.2 Å². The fraction of sp³-hybridized carbons (Fsp3) is 0.300. The van der Waals surface area contributed by atoms with Crippen molar-refractivity contribution >= 4 is 15.9 Å². The van der Waals surface area contributed by atoms with Crippen LogP contribution >= 0.6 is 15.9 Å². The van der Waals surface area contributed by atoms with Crippen LogP contribution in [0, 0.1) is 5.92 Å². The first-order chi connectivity index (χ1) is 12.7. The number of methoxy groups -OCH3 is 1. The molecule has 0 spiro atoms. The van der Waals surface area contributed by atoms with Crippen LogP contribution in [-0.4, -0.2) is 17.3 Å². The lowest BCUT2D eigenvalue weighted by molar-refractivity contribution is 0.351. The number of ether oxygens (including phenoxy) is 1. The lowest BCUT2D eigenvalue weighted by Crippen LogP contribution is -2.22. The minimum atomic E-state index is 0.294. The number of hydrogen-bond acceptors (Lipinski definition) is 5. The van der Waals surface area contributed by atoms with E-state index in [4.69, 9.17) is 9.26 Å². The quantitative estimate of drug-likeness (QED) is 0.605. The summed E-state index contributed by atoms with van der Waals surface area (Å²) in [5.41, 5.74) is 2.20. The molecule has 0 saturated heterocycles. The molecule has 3 aromatic rings. The third-order valence-corrected chi connectivity index (χ3v) is 5.09. The van der Waals surface area contributed by atoms with Crippen LogP contribution in [-0.2, 0) is 6.54 Å². The molecule has 0 aliphatic heterocycles. The Balaban J connectivity index is 1.45. The van der Waals surface area contributed by atoms with E-state index in [2.05, 4.69) is 43.5 Å². The molecule has 1 N–H and O–H groups in total. The van der Waals surface area contributed by atoms with Crippen LogP contribution in [0.2, 0.25) is 0 Å². The largest absolute Gasteiger partial charge is 0.497 e. The summed E-state index contributed by atoms with van der Waals surface area (Å²) in [6.07, 6.45) is 2.49. The van der Waals surface area contributed by atoms with Gasteiger partial charge in [0.25, 0.3) is 0 Å². The first kappa shape index (κ1) is 17.2. The van der Waals surface area contributed by atoms with Crippen molar-refractivity contribution in [3.05, 3.63) is 64.5 Å². The van der Waals surface area contributed by atoms with Crippen molar-refractivity contribution in [1.29, 1.82) is 0 Å². The lowest BCUT2D eigenvalue weighted by Gasteiger charge is -2.18. The number of hydrogen-bond donors (Lipinski definition) is 1. The maximum absolute atomic E-state index is 5.42. The minimum absolute atomic E-state index is 0.294. The Labute approximate surface area is 160 Å². The number of aromatic nitrogens is 2. The Bertz CT molecular complexity index is 875. The zero-order chi connectivity index (χ0) is 17.9. The highest BCUT2D eigenvalue weighted by atomic mass is 79.9. The molecule has 4 rings (SSSR count). The van der Waals surface area contributed by atoms with E-state index in [1.165, 1.54) is 18.4 Å². The summed E-state index contributed by atoms with van der Waals surface area (Å²) in [4.78, 5) is 4.51. The molecule has 5 nitrogen and oxygen atoms in total. The van der Waals surface area contributed by atoms with Crippen LogP contribution in [0.4, 0.5) is 0 Å². The van der Waals surface area contributed by atoms with Crippen LogP contribution in [0.25, 0.3) is 11.4 Å². The van der Waals surface area contributed by atoms with Gasteiger partial charge in [0.05, 0.1) is 13.7 Å². The number of halogens is 1. The second-order valence-corrected chi connectivity index (χ2v) is 7.41. The molecule has 1 atom stereocenters. The predicted octanol–water partition coefficient (Wildman–Crippen LogP) is 4.75. The highest BCUT2D eigenvalue weighted by Gasteiger charge is 2.32. The standard InChI is InChI=1S/C20H20BrN3O2/c1-25-17-9-7-14(8-10-17)19(13-5-6-13)22-12-18-23-20(24-26-18)15-3-2-4-16(21)11-15/h2-4,7-11,13,19,22H,5-6,12H2,1H3. The summed E-state index contributed by atoms with van der Waals surface area (Å²) in [6.45, 7) is 0.550. The summed E-state index contributed by atoms with van der Waals surface area (Å²) in [7, 11) is 1.68. The molecule has 1 aliphatic rings. The van der Waals surface area contributed by atoms with E-state index < -0.39 is 0 Å². The maximum atomic E-state index is 5.42. The van der Waals surface area contributed by atoms with Gasteiger partial charge in [-0.15, -0.1) is 0 Å². The first-order valence-electron chi connectivity index (χ1n) is 8.69. The fourth-order valence-electron chi connectivity index (χ4n) is 3.07. The van der Waals surface area contributed by atoms with E-state index in [0.717, 1.165) is 15.8 Å². The smallest absolute Gasteiger partial charge is 0.240 e. The van der Waals surface area contributed by atoms with E-state index in [1.807, 2.05) is 36.4 Å². The summed E-state index contributed by atoms with van der Waals surface area (Å²) in [6, 6.07) is 16.4. The van der Waals surface area contributed by atoms with Gasteiger partial charge in [-0.2, -0.15) is 4.98 Å². The van der Waals surface area contributed by atoms with Gasteiger partial charge in [0.15, 0.2) is 0 Å². The van der Waals surface area contributed by atoms with Gasteiger partial charge in [0, 0.05) is 16.1 Å². The van der Waals surface area contributed by atoms with E-state index in [0.29, 0.717) is 30.2 Å². The molecular formula is C20H20BrN3O2. The molecule has 1 saturated carbocycles. The van der Waals surface area contributed by atoms with E-state index in [9.17, 15) is 0 Å². The Morgan fingerprint density at radius 3 is 2.73 bits per heavy atom. The molecule has 0 amide bonds. The van der Waals surface area contributed by atoms with Gasteiger partial charge >= 0.3 is 0 Å². The van der Waals surface area contributed by atoms with Gasteiger partial charge in [0.1, 0.15) is 5.75 Å². The van der Waals surface area contributed by atoms with Gasteiger partial charge in [-0.25, -0.2) is 0 Å². The lowest BCUT2D eigenvalue weighted by atomic mass is 10.0. The van der Waals surface area contributed by atoms with E-state index in [-0.39, 0.29) is 0 Å². The van der Waals surface area contributed by atoms with Crippen LogP contribution in [0.5, 0.6) is 5.75 Å². The highest BCUT2D eigenvalue weighted by Crippen LogP contribution is 2.41. The Kier molecular flexibility index (Phi) is 5.04. The fourth-order valence-corrected chi connectivity index (χ4v) is 3.47. The van der Waals surface area contributed by atoms with Crippen molar-refractivity contribution in [3.63, 3.8) is 0 Å². The van der Waals surface area contributed by atoms with Crippen LogP contribution < -0.4 is 10.1 Å². The van der Waals surface area contributed by atoms with Crippen molar-refractivity contribution in [2.24, 2.45) is 5.92 Å². The average Bonchev–Trinajstić information content (AvgIpc) is 3.39. The van der Waals surface area contributed by atoms with E-state index in [1.54, 1.807) is 7.11 Å². The zero-order valence-corrected chi connectivity index (χ0v) is 16.1. The number of nitrogens with one attached hydrogen (secondary N) is 1. The SMILES string of the molecule is COc1ccc(C(NCc2nc(-c3cccc(Br)c3)no2)C2CC2)cc1. The number of rotatable bonds is 7. The molecular weight excluding hydrogens is 394 g/mol. The molecule has 26 heavy (non-hydrogen) atoms. The van der Waals surface area contributed by atoms with Gasteiger partial charge in [-0.05, 0) is 48.6 Å². The van der Waals surface area contributed by atoms with Crippen molar-refractivity contribution in [2.75, 3.05) is 7.11 Å². The molecule has 1 heterocycles. The van der Waals surface area contributed by atoms with Gasteiger partial charge in [0.2, 0.25) is 11.7 Å². The molecule has 6 heteroatoms. The normalized spacial score (nSPS) is 15.0. The summed E-state index contributed by atoms with van der Waals surface area (Å²) < 4.78 is 11.7. The highest BCUT2D eigenvalue weighted by molar-refractivity contribution is 9.10. The van der Waals surface area contributed by atoms with Gasteiger partial charge < -0.3 is 14.6 Å². The molecule has 2 aromatic carbocycles.